The Hall–Kier alpha value is -1.41. The van der Waals surface area contributed by atoms with E-state index in [1.807, 2.05) is 30.3 Å². The summed E-state index contributed by atoms with van der Waals surface area (Å²) in [6, 6.07) is 12.1. The zero-order chi connectivity index (χ0) is 13.1. The molecule has 3 rings (SSSR count). The largest absolute Gasteiger partial charge is 0.346 e. The fourth-order valence-electron chi connectivity index (χ4n) is 2.97. The smallest absolute Gasteiger partial charge is 0.181 e. The number of likely N-dealkylation sites (tertiary alicyclic amines) is 1. The van der Waals surface area contributed by atoms with Gasteiger partial charge in [0.1, 0.15) is 6.04 Å². The molecule has 0 amide bonds. The molecule has 0 bridgehead atoms. The van der Waals surface area contributed by atoms with Crippen molar-refractivity contribution < 1.29 is 9.47 Å². The SMILES string of the molecule is N#CC(c1ccccc1)N1CCCC2(C1)OCCO2. The maximum absolute atomic E-state index is 9.49. The van der Waals surface area contributed by atoms with Crippen LogP contribution in [0.2, 0.25) is 0 Å². The summed E-state index contributed by atoms with van der Waals surface area (Å²) in [5, 5.41) is 9.49. The normalized spacial score (nSPS) is 24.2. The molecule has 2 fully saturated rings. The van der Waals surface area contributed by atoms with E-state index in [0.29, 0.717) is 19.8 Å². The second-order valence-corrected chi connectivity index (χ2v) is 5.12. The van der Waals surface area contributed by atoms with Crippen LogP contribution in [0.3, 0.4) is 0 Å². The molecule has 1 atom stereocenters. The van der Waals surface area contributed by atoms with Gasteiger partial charge in [0.25, 0.3) is 0 Å². The van der Waals surface area contributed by atoms with Crippen molar-refractivity contribution >= 4 is 0 Å². The van der Waals surface area contributed by atoms with Crippen molar-refractivity contribution in [2.24, 2.45) is 0 Å². The maximum atomic E-state index is 9.49. The van der Waals surface area contributed by atoms with Gasteiger partial charge < -0.3 is 9.47 Å². The molecule has 0 aromatic heterocycles. The molecule has 1 aromatic carbocycles. The third kappa shape index (κ3) is 2.50. The Labute approximate surface area is 113 Å². The van der Waals surface area contributed by atoms with Crippen molar-refractivity contribution in [3.05, 3.63) is 35.9 Å². The van der Waals surface area contributed by atoms with Gasteiger partial charge in [0.05, 0.1) is 25.8 Å². The highest BCUT2D eigenvalue weighted by molar-refractivity contribution is 5.24. The Kier molecular flexibility index (Phi) is 3.52. The van der Waals surface area contributed by atoms with Crippen LogP contribution in [0.5, 0.6) is 0 Å². The molecular formula is C15H18N2O2. The summed E-state index contributed by atoms with van der Waals surface area (Å²) < 4.78 is 11.5. The first kappa shape index (κ1) is 12.6. The summed E-state index contributed by atoms with van der Waals surface area (Å²) >= 11 is 0. The summed E-state index contributed by atoms with van der Waals surface area (Å²) in [5.41, 5.74) is 1.04. The highest BCUT2D eigenvalue weighted by Crippen LogP contribution is 2.34. The van der Waals surface area contributed by atoms with Gasteiger partial charge in [-0.15, -0.1) is 0 Å². The van der Waals surface area contributed by atoms with Crippen LogP contribution in [-0.2, 0) is 9.47 Å². The van der Waals surface area contributed by atoms with Crippen LogP contribution in [0.1, 0.15) is 24.4 Å². The monoisotopic (exact) mass is 258 g/mol. The zero-order valence-corrected chi connectivity index (χ0v) is 10.9. The van der Waals surface area contributed by atoms with E-state index in [0.717, 1.165) is 24.9 Å². The van der Waals surface area contributed by atoms with Gasteiger partial charge in [-0.1, -0.05) is 30.3 Å². The topological polar surface area (TPSA) is 45.5 Å². The fourth-order valence-corrected chi connectivity index (χ4v) is 2.97. The molecule has 1 unspecified atom stereocenters. The van der Waals surface area contributed by atoms with Gasteiger partial charge in [0.2, 0.25) is 0 Å². The molecule has 0 N–H and O–H groups in total. The predicted molar refractivity (Wildman–Crippen MR) is 70.2 cm³/mol. The minimum absolute atomic E-state index is 0.217. The number of nitriles is 1. The molecule has 0 aliphatic carbocycles. The number of piperidine rings is 1. The van der Waals surface area contributed by atoms with E-state index >= 15 is 0 Å². The number of nitrogens with zero attached hydrogens (tertiary/aromatic N) is 2. The average molecular weight is 258 g/mol. The maximum Gasteiger partial charge on any atom is 0.181 e. The summed E-state index contributed by atoms with van der Waals surface area (Å²) in [6.07, 6.45) is 1.93. The lowest BCUT2D eigenvalue weighted by atomic mass is 9.99. The summed E-state index contributed by atoms with van der Waals surface area (Å²) in [6.45, 7) is 2.93. The van der Waals surface area contributed by atoms with Gasteiger partial charge in [0, 0.05) is 13.0 Å². The molecule has 19 heavy (non-hydrogen) atoms. The Balaban J connectivity index is 1.79. The van der Waals surface area contributed by atoms with E-state index < -0.39 is 5.79 Å². The van der Waals surface area contributed by atoms with Crippen LogP contribution in [0.4, 0.5) is 0 Å². The molecule has 4 nitrogen and oxygen atoms in total. The molecule has 1 spiro atoms. The van der Waals surface area contributed by atoms with Crippen molar-refractivity contribution in [1.82, 2.24) is 4.90 Å². The Morgan fingerprint density at radius 3 is 2.63 bits per heavy atom. The Bertz CT molecular complexity index is 463. The van der Waals surface area contributed by atoms with E-state index in [2.05, 4.69) is 11.0 Å². The quantitative estimate of drug-likeness (QED) is 0.815. The second kappa shape index (κ2) is 5.30. The molecule has 4 heteroatoms. The van der Waals surface area contributed by atoms with Crippen LogP contribution in [0.25, 0.3) is 0 Å². The van der Waals surface area contributed by atoms with E-state index in [9.17, 15) is 5.26 Å². The minimum atomic E-state index is -0.470. The number of benzene rings is 1. The second-order valence-electron chi connectivity index (χ2n) is 5.12. The number of hydrogen-bond acceptors (Lipinski definition) is 4. The van der Waals surface area contributed by atoms with E-state index in [1.165, 1.54) is 0 Å². The van der Waals surface area contributed by atoms with E-state index in [1.54, 1.807) is 0 Å². The predicted octanol–water partition coefficient (Wildman–Crippen LogP) is 2.09. The van der Waals surface area contributed by atoms with Crippen LogP contribution < -0.4 is 0 Å². The average Bonchev–Trinajstić information content (AvgIpc) is 2.89. The molecule has 2 aliphatic heterocycles. The molecule has 2 saturated heterocycles. The molecular weight excluding hydrogens is 240 g/mol. The van der Waals surface area contributed by atoms with Crippen LogP contribution in [0.15, 0.2) is 30.3 Å². The third-order valence-corrected chi connectivity index (χ3v) is 3.86. The molecule has 0 saturated carbocycles. The zero-order valence-electron chi connectivity index (χ0n) is 10.9. The number of rotatable bonds is 2. The summed E-state index contributed by atoms with van der Waals surface area (Å²) in [5.74, 6) is -0.470. The summed E-state index contributed by atoms with van der Waals surface area (Å²) in [7, 11) is 0. The van der Waals surface area contributed by atoms with Gasteiger partial charge in [-0.05, 0) is 12.0 Å². The lowest BCUT2D eigenvalue weighted by molar-refractivity contribution is -0.192. The van der Waals surface area contributed by atoms with Crippen LogP contribution in [-0.4, -0.2) is 37.0 Å². The molecule has 2 aliphatic rings. The van der Waals surface area contributed by atoms with Crippen molar-refractivity contribution in [3.8, 4) is 6.07 Å². The highest BCUT2D eigenvalue weighted by Gasteiger charge is 2.42. The van der Waals surface area contributed by atoms with Crippen LogP contribution in [0, 0.1) is 11.3 Å². The third-order valence-electron chi connectivity index (χ3n) is 3.86. The highest BCUT2D eigenvalue weighted by atomic mass is 16.7. The first-order valence-electron chi connectivity index (χ1n) is 6.80. The van der Waals surface area contributed by atoms with E-state index in [-0.39, 0.29) is 6.04 Å². The van der Waals surface area contributed by atoms with Crippen LogP contribution >= 0.6 is 0 Å². The van der Waals surface area contributed by atoms with E-state index in [4.69, 9.17) is 9.47 Å². The summed E-state index contributed by atoms with van der Waals surface area (Å²) in [4.78, 5) is 2.17. The van der Waals surface area contributed by atoms with Gasteiger partial charge >= 0.3 is 0 Å². The first-order chi connectivity index (χ1) is 9.33. The fraction of sp³-hybridized carbons (Fsp3) is 0.533. The van der Waals surface area contributed by atoms with Crippen molar-refractivity contribution in [3.63, 3.8) is 0 Å². The number of ether oxygens (including phenoxy) is 2. The first-order valence-corrected chi connectivity index (χ1v) is 6.80. The molecule has 1 aromatic rings. The number of hydrogen-bond donors (Lipinski definition) is 0. The van der Waals surface area contributed by atoms with Gasteiger partial charge in [-0.3, -0.25) is 4.90 Å². The Morgan fingerprint density at radius 2 is 1.95 bits per heavy atom. The molecule has 0 radical (unpaired) electrons. The van der Waals surface area contributed by atoms with Gasteiger partial charge in [0.15, 0.2) is 5.79 Å². The van der Waals surface area contributed by atoms with Gasteiger partial charge in [-0.25, -0.2) is 0 Å². The minimum Gasteiger partial charge on any atom is -0.346 e. The Morgan fingerprint density at radius 1 is 1.21 bits per heavy atom. The molecule has 100 valence electrons. The van der Waals surface area contributed by atoms with Crippen molar-refractivity contribution in [1.29, 1.82) is 5.26 Å². The van der Waals surface area contributed by atoms with Crippen molar-refractivity contribution in [2.45, 2.75) is 24.7 Å². The molecule has 2 heterocycles. The standard InChI is InChI=1S/C15H18N2O2/c16-11-14(13-5-2-1-3-6-13)17-8-4-7-15(12-17)18-9-10-19-15/h1-3,5-6,14H,4,7-10,12H2. The lowest BCUT2D eigenvalue weighted by Crippen LogP contribution is -2.49. The van der Waals surface area contributed by atoms with Gasteiger partial charge in [-0.2, -0.15) is 5.26 Å². The van der Waals surface area contributed by atoms with Crippen molar-refractivity contribution in [2.75, 3.05) is 26.3 Å². The lowest BCUT2D eigenvalue weighted by Gasteiger charge is -2.40.